The minimum atomic E-state index is -0.641. The number of allylic oxidation sites excluding steroid dienone is 1. The summed E-state index contributed by atoms with van der Waals surface area (Å²) in [7, 11) is 0. The van der Waals surface area contributed by atoms with Gasteiger partial charge in [-0.2, -0.15) is 0 Å². The maximum atomic E-state index is 6.22. The molecule has 0 aromatic heterocycles. The Morgan fingerprint density at radius 2 is 1.37 bits per heavy atom. The van der Waals surface area contributed by atoms with Gasteiger partial charge in [-0.05, 0) is 0 Å². The number of benzene rings is 3. The van der Waals surface area contributed by atoms with Crippen LogP contribution in [0.1, 0.15) is 48.9 Å². The SMILES string of the molecule is CC(C)(C)C[O][Ti+2][c]1ccccc1C1C(c2ccccc2)=Cc2ccccc21.[Cl-].[Cl-]. The third-order valence-electron chi connectivity index (χ3n) is 5.00. The van der Waals surface area contributed by atoms with Crippen molar-refractivity contribution in [3.63, 3.8) is 0 Å². The molecule has 4 heteroatoms. The monoisotopic (exact) mass is 472 g/mol. The quantitative estimate of drug-likeness (QED) is 0.477. The van der Waals surface area contributed by atoms with Gasteiger partial charge in [0.2, 0.25) is 0 Å². The zero-order valence-electron chi connectivity index (χ0n) is 17.5. The van der Waals surface area contributed by atoms with Crippen molar-refractivity contribution in [3.8, 4) is 0 Å². The molecule has 0 N–H and O–H groups in total. The summed E-state index contributed by atoms with van der Waals surface area (Å²) in [5, 5.41) is 0. The van der Waals surface area contributed by atoms with Crippen LogP contribution >= 0.6 is 0 Å². The molecule has 3 aromatic rings. The van der Waals surface area contributed by atoms with Gasteiger partial charge in [0.05, 0.1) is 0 Å². The second-order valence-corrected chi connectivity index (χ2v) is 10.2. The average molecular weight is 473 g/mol. The fourth-order valence-electron chi connectivity index (χ4n) is 3.71. The molecular formula is C26H26Cl2OTi. The zero-order chi connectivity index (χ0) is 19.6. The van der Waals surface area contributed by atoms with Crippen molar-refractivity contribution in [1.29, 1.82) is 0 Å². The zero-order valence-corrected chi connectivity index (χ0v) is 20.6. The third kappa shape index (κ3) is 5.66. The molecule has 0 heterocycles. The van der Waals surface area contributed by atoms with Crippen LogP contribution in [-0.2, 0) is 22.9 Å². The molecular weight excluding hydrogens is 447 g/mol. The predicted molar refractivity (Wildman–Crippen MR) is 114 cm³/mol. The van der Waals surface area contributed by atoms with Gasteiger partial charge in [0, 0.05) is 0 Å². The summed E-state index contributed by atoms with van der Waals surface area (Å²) < 4.78 is 7.62. The minimum Gasteiger partial charge on any atom is -1.00 e. The second kappa shape index (κ2) is 10.8. The van der Waals surface area contributed by atoms with Gasteiger partial charge in [0.25, 0.3) is 0 Å². The van der Waals surface area contributed by atoms with E-state index in [0.29, 0.717) is 0 Å². The molecule has 0 fully saturated rings. The largest absolute Gasteiger partial charge is 1.00 e. The molecule has 0 saturated carbocycles. The van der Waals surface area contributed by atoms with Gasteiger partial charge in [0.15, 0.2) is 0 Å². The summed E-state index contributed by atoms with van der Waals surface area (Å²) in [6, 6.07) is 28.5. The van der Waals surface area contributed by atoms with Gasteiger partial charge in [-0.15, -0.1) is 0 Å². The Bertz CT molecular complexity index is 993. The second-order valence-electron chi connectivity index (χ2n) is 8.57. The summed E-state index contributed by atoms with van der Waals surface area (Å²) in [6.07, 6.45) is 2.36. The third-order valence-corrected chi connectivity index (χ3v) is 6.50. The van der Waals surface area contributed by atoms with E-state index in [1.54, 1.807) is 0 Å². The van der Waals surface area contributed by atoms with Crippen LogP contribution in [0.3, 0.4) is 0 Å². The van der Waals surface area contributed by atoms with Crippen LogP contribution in [0.5, 0.6) is 0 Å². The van der Waals surface area contributed by atoms with Crippen molar-refractivity contribution in [2.24, 2.45) is 5.41 Å². The normalized spacial score (nSPS) is 14.6. The molecule has 154 valence electrons. The molecule has 0 amide bonds. The predicted octanol–water partition coefficient (Wildman–Crippen LogP) is 0.0662. The Labute approximate surface area is 202 Å². The maximum Gasteiger partial charge on any atom is -1.00 e. The molecule has 1 unspecified atom stereocenters. The van der Waals surface area contributed by atoms with Gasteiger partial charge in [-0.25, -0.2) is 0 Å². The molecule has 4 rings (SSSR count). The molecule has 0 radical (unpaired) electrons. The summed E-state index contributed by atoms with van der Waals surface area (Å²) >= 11 is -0.641. The summed E-state index contributed by atoms with van der Waals surface area (Å²) in [5.41, 5.74) is 7.02. The molecule has 1 aliphatic rings. The van der Waals surface area contributed by atoms with Gasteiger partial charge >= 0.3 is 178 Å². The minimum absolute atomic E-state index is 0. The standard InChI is InChI=1S/C21H15.C5H11O.2ClH.Ti/c1-3-9-16(10-4-1)20-15-18-13-7-8-14-19(18)21(20)17-11-5-2-6-12-17;1-5(2,3)4-6;;;/h1-11,13-15,21H;4H2,1-3H3;2*1H;/q;-1;;;+3/p-2. The first-order chi connectivity index (χ1) is 13.5. The van der Waals surface area contributed by atoms with Crippen molar-refractivity contribution in [1.82, 2.24) is 0 Å². The molecule has 3 aromatic carbocycles. The smallest absolute Gasteiger partial charge is 1.00 e. The average Bonchev–Trinajstić information content (AvgIpc) is 3.07. The Morgan fingerprint density at radius 1 is 0.767 bits per heavy atom. The van der Waals surface area contributed by atoms with Gasteiger partial charge < -0.3 is 24.8 Å². The van der Waals surface area contributed by atoms with Crippen molar-refractivity contribution < 1.29 is 47.7 Å². The number of hydrogen-bond donors (Lipinski definition) is 0. The van der Waals surface area contributed by atoms with Crippen LogP contribution in [-0.4, -0.2) is 6.61 Å². The first-order valence-electron chi connectivity index (χ1n) is 9.86. The van der Waals surface area contributed by atoms with E-state index >= 15 is 0 Å². The van der Waals surface area contributed by atoms with E-state index in [1.165, 1.54) is 31.7 Å². The number of rotatable bonds is 5. The van der Waals surface area contributed by atoms with Crippen LogP contribution < -0.4 is 28.7 Å². The first kappa shape index (κ1) is 24.9. The number of hydrogen-bond acceptors (Lipinski definition) is 1. The Kier molecular flexibility index (Phi) is 8.97. The first-order valence-corrected chi connectivity index (χ1v) is 11.3. The van der Waals surface area contributed by atoms with Gasteiger partial charge in [-0.3, -0.25) is 0 Å². The fraction of sp³-hybridized carbons (Fsp3) is 0.231. The van der Waals surface area contributed by atoms with Crippen molar-refractivity contribution in [2.45, 2.75) is 26.7 Å². The summed E-state index contributed by atoms with van der Waals surface area (Å²) in [4.78, 5) is 0. The molecule has 1 atom stereocenters. The molecule has 1 aliphatic carbocycles. The van der Waals surface area contributed by atoms with Crippen LogP contribution in [0.2, 0.25) is 0 Å². The van der Waals surface area contributed by atoms with E-state index < -0.39 is 19.5 Å². The van der Waals surface area contributed by atoms with Crippen LogP contribution in [0.15, 0.2) is 78.9 Å². The molecule has 0 saturated heterocycles. The summed E-state index contributed by atoms with van der Waals surface area (Å²) in [5.74, 6) is 0.275. The van der Waals surface area contributed by atoms with E-state index in [-0.39, 0.29) is 36.1 Å². The molecule has 30 heavy (non-hydrogen) atoms. The Balaban J connectivity index is 0.00000160. The topological polar surface area (TPSA) is 9.23 Å². The van der Waals surface area contributed by atoms with Crippen molar-refractivity contribution in [2.75, 3.05) is 6.61 Å². The van der Waals surface area contributed by atoms with E-state index in [0.717, 1.165) is 6.61 Å². The van der Waals surface area contributed by atoms with E-state index in [1.807, 2.05) is 0 Å². The molecule has 1 nitrogen and oxygen atoms in total. The Hall–Kier alpha value is -1.35. The molecule has 0 aliphatic heterocycles. The Morgan fingerprint density at radius 3 is 2.07 bits per heavy atom. The van der Waals surface area contributed by atoms with Crippen molar-refractivity contribution >= 4 is 15.5 Å². The van der Waals surface area contributed by atoms with Gasteiger partial charge in [-0.1, -0.05) is 0 Å². The molecule has 0 bridgehead atoms. The maximum absolute atomic E-state index is 6.22. The van der Waals surface area contributed by atoms with Crippen LogP contribution in [0, 0.1) is 5.41 Å². The van der Waals surface area contributed by atoms with E-state index in [9.17, 15) is 0 Å². The van der Waals surface area contributed by atoms with Gasteiger partial charge in [0.1, 0.15) is 0 Å². The fourth-order valence-corrected chi connectivity index (χ4v) is 5.54. The van der Waals surface area contributed by atoms with E-state index in [4.69, 9.17) is 3.32 Å². The number of fused-ring (bicyclic) bond motifs is 1. The molecule has 0 spiro atoms. The summed E-state index contributed by atoms with van der Waals surface area (Å²) in [6.45, 7) is 7.50. The van der Waals surface area contributed by atoms with E-state index in [2.05, 4.69) is 106 Å². The van der Waals surface area contributed by atoms with Crippen molar-refractivity contribution in [3.05, 3.63) is 101 Å². The number of halogens is 2. The van der Waals surface area contributed by atoms with Crippen LogP contribution in [0.25, 0.3) is 11.6 Å². The van der Waals surface area contributed by atoms with Crippen LogP contribution in [0.4, 0.5) is 0 Å².